The molecule has 0 atom stereocenters. The van der Waals surface area contributed by atoms with Crippen molar-refractivity contribution in [3.05, 3.63) is 58.2 Å². The highest BCUT2D eigenvalue weighted by Gasteiger charge is 2.87. The Balaban J connectivity index is 0.000000246. The van der Waals surface area contributed by atoms with Crippen LogP contribution in [0.1, 0.15) is 112 Å². The maximum atomic E-state index is 13.9. The number of hydrogen-bond donors (Lipinski definition) is 0. The van der Waals surface area contributed by atoms with Crippen molar-refractivity contribution in [2.24, 2.45) is 49.9 Å². The predicted octanol–water partition coefficient (Wildman–Crippen LogP) is 18.2. The van der Waals surface area contributed by atoms with Crippen molar-refractivity contribution in [1.29, 1.82) is 0 Å². The van der Waals surface area contributed by atoms with Crippen molar-refractivity contribution in [3.8, 4) is 0 Å². The molecule has 0 fully saturated rings. The van der Waals surface area contributed by atoms with Gasteiger partial charge >= 0.3 is 95.3 Å². The number of hydrogen-bond acceptors (Lipinski definition) is 20. The zero-order valence-electron chi connectivity index (χ0n) is 69.7. The van der Waals surface area contributed by atoms with Gasteiger partial charge < -0.3 is 48.2 Å². The summed E-state index contributed by atoms with van der Waals surface area (Å²) in [5, 5.41) is 0. The van der Waals surface area contributed by atoms with Crippen LogP contribution in [0.5, 0.6) is 0 Å². The first-order valence-electron chi connectivity index (χ1n) is 38.9. The number of likely N-dealkylation sites (N-methyl/N-ethyl adjacent to an activating group) is 5. The number of rotatable bonds is 30. The molecule has 0 saturated heterocycles. The summed E-state index contributed by atoms with van der Waals surface area (Å²) in [4.78, 5) is 47.3. The van der Waals surface area contributed by atoms with E-state index in [0.717, 1.165) is 51.0 Å². The van der Waals surface area contributed by atoms with Crippen LogP contribution in [0.2, 0.25) is 0 Å². The van der Waals surface area contributed by atoms with E-state index >= 15 is 0 Å². The number of nitrogens with zero attached hydrogens (tertiary/aromatic N) is 15. The Labute approximate surface area is 707 Å². The van der Waals surface area contributed by atoms with Crippen molar-refractivity contribution in [3.63, 3.8) is 0 Å². The molecule has 0 N–H and O–H groups in total. The largest absolute Gasteiger partial charge is 0.472 e. The molecule has 0 aromatic carbocycles. The fourth-order valence-corrected chi connectivity index (χ4v) is 12.5. The van der Waals surface area contributed by atoms with Crippen molar-refractivity contribution < 1.29 is 164 Å². The van der Waals surface area contributed by atoms with E-state index in [4.69, 9.17) is 9.47 Å². The van der Waals surface area contributed by atoms with E-state index in [9.17, 15) is 140 Å². The minimum atomic E-state index is -7.16. The van der Waals surface area contributed by atoms with Crippen LogP contribution in [-0.4, -0.2) is 325 Å². The van der Waals surface area contributed by atoms with Gasteiger partial charge in [-0.05, 0) is 102 Å². The molecule has 127 heavy (non-hydrogen) atoms. The molecule has 0 unspecified atom stereocenters. The lowest BCUT2D eigenvalue weighted by Gasteiger charge is -2.38. The summed E-state index contributed by atoms with van der Waals surface area (Å²) < 4.78 is 453. The molecule has 0 spiro atoms. The molecule has 0 bridgehead atoms. The van der Waals surface area contributed by atoms with Gasteiger partial charge in [0.2, 0.25) is 29.5 Å². The molecule has 10 aliphatic heterocycles. The summed E-state index contributed by atoms with van der Waals surface area (Å²) in [6, 6.07) is 0. The number of ether oxygens (including phenoxy) is 5. The molecule has 0 aromatic rings. The Hall–Kier alpha value is -8.04. The van der Waals surface area contributed by atoms with E-state index in [1.54, 1.807) is 38.2 Å². The Morgan fingerprint density at radius 2 is 0.559 bits per heavy atom. The lowest BCUT2D eigenvalue weighted by atomic mass is 9.98. The van der Waals surface area contributed by atoms with Crippen LogP contribution in [0.15, 0.2) is 108 Å². The maximum absolute atomic E-state index is 13.9. The number of unbranched alkanes of at least 4 members (excludes halogenated alkanes) is 2. The molecule has 20 nitrogen and oxygen atoms in total. The predicted molar refractivity (Wildman–Crippen MR) is 405 cm³/mol. The first-order valence-corrected chi connectivity index (χ1v) is 38.9. The highest BCUT2D eigenvalue weighted by atomic mass is 19.4. The van der Waals surface area contributed by atoms with E-state index in [1.165, 1.54) is 13.0 Å². The van der Waals surface area contributed by atoms with E-state index in [0.29, 0.717) is 94.2 Å². The third kappa shape index (κ3) is 25.2. The lowest BCUT2D eigenvalue weighted by Crippen LogP contribution is -2.67. The van der Waals surface area contributed by atoms with Gasteiger partial charge in [-0.25, -0.2) is 25.0 Å². The SMILES string of the molecule is CCC(F)(F)C(F)(F)C(F)(F)COC1=NCN=C1C1=CCCN(C)C1.CCCC(F)(F)C(F)(F)C(F)(F)OC1=NCN=C1C1=CCCN(C)C1.CCCCCC(F)(F)OC1=NCN=C1C1=CCCN(C)C1.CN1CCC=C(C2=NCN=C2OC(F)(F)C(F)(F)C(F)(F)C(F)(F)C(C)(F)F)C1.CN1CCC=C(C2=NCN=C2OCC(F)(F)C(F)(F)C(F)(F)C(C)(F)F)C1. The molecular weight excluding hydrogens is 1800 g/mol. The van der Waals surface area contributed by atoms with Gasteiger partial charge in [-0.15, -0.1) is 0 Å². The van der Waals surface area contributed by atoms with Crippen molar-refractivity contribution in [1.82, 2.24) is 24.5 Å². The third-order valence-electron chi connectivity index (χ3n) is 19.9. The van der Waals surface area contributed by atoms with Gasteiger partial charge in [-0.2, -0.15) is 140 Å². The summed E-state index contributed by atoms with van der Waals surface area (Å²) in [6.45, 7) is 3.22. The average molecular weight is 1890 g/mol. The first kappa shape index (κ1) is 108. The molecule has 0 aromatic heterocycles. The third-order valence-corrected chi connectivity index (χ3v) is 19.9. The lowest BCUT2D eigenvalue weighted by molar-refractivity contribution is -0.431. The van der Waals surface area contributed by atoms with Gasteiger partial charge in [0, 0.05) is 92.1 Å². The number of halogens is 32. The summed E-state index contributed by atoms with van der Waals surface area (Å²) in [6.07, 6.45) is -4.15. The standard InChI is InChI=1S/C15H15F10N3O.C15H17F8N3O.2C15H19F6N3O.C15H23F2N3O/c1-11(16,17)12(18,19)13(20,21)14(22,23)15(24,25)29-10-9(26-7-27-10)8-4-3-5-28(2)6-8;1-12(16,17)14(20,21)15(22,23)13(18,19)7-27-11-10(24-8-25-11)9-4-3-5-26(2)6-9;1-3-13(16,17)15(20,21)14(18,19)8-25-12-11(22-9-23-12)10-5-4-6-24(2)7-10;1-3-6-13(16,17)14(18,19)15(20,21)25-12-11(22-9-23-12)10-5-4-7-24(2)8-10;1-3-4-5-8-15(16,17)21-14-13(18-11-19-14)12-7-6-9-20(2)10-12/h4H,3,5-7H2,1-2H3;4H,3,5-8H2,1-2H3;2*5H,3-4,6-9H2,1-2H3;7H,3-6,8-11H2,1-2H3. The Bertz CT molecular complexity index is 4290. The van der Waals surface area contributed by atoms with Crippen LogP contribution >= 0.6 is 0 Å². The smallest absolute Gasteiger partial charge is 0.470 e. The summed E-state index contributed by atoms with van der Waals surface area (Å²) >= 11 is 0. The Morgan fingerprint density at radius 1 is 0.283 bits per heavy atom. The second kappa shape index (κ2) is 41.6. The van der Waals surface area contributed by atoms with Crippen molar-refractivity contribution in [2.45, 2.75) is 207 Å². The molecule has 10 heterocycles. The van der Waals surface area contributed by atoms with Crippen LogP contribution < -0.4 is 0 Å². The molecule has 722 valence electrons. The topological polar surface area (TPSA) is 186 Å². The molecule has 10 aliphatic rings. The van der Waals surface area contributed by atoms with Gasteiger partial charge in [0.1, 0.15) is 61.9 Å². The van der Waals surface area contributed by atoms with Gasteiger partial charge in [0.25, 0.3) is 0 Å². The molecule has 0 aliphatic carbocycles. The normalized spacial score (nSPS) is 20.3. The first-order chi connectivity index (χ1) is 58.2. The van der Waals surface area contributed by atoms with Crippen LogP contribution in [0.4, 0.5) is 140 Å². The van der Waals surface area contributed by atoms with Crippen LogP contribution in [0.25, 0.3) is 0 Å². The molecule has 10 rings (SSSR count). The second-order valence-electron chi connectivity index (χ2n) is 30.6. The van der Waals surface area contributed by atoms with Crippen LogP contribution in [0.3, 0.4) is 0 Å². The Kier molecular flexibility index (Phi) is 35.3. The Morgan fingerprint density at radius 3 is 0.843 bits per heavy atom. The fraction of sp³-hybridized carbons (Fsp3) is 0.733. The van der Waals surface area contributed by atoms with E-state index in [-0.39, 0.29) is 80.6 Å². The second-order valence-corrected chi connectivity index (χ2v) is 30.6. The minimum Gasteiger partial charge on any atom is -0.470 e. The molecule has 0 amide bonds. The quantitative estimate of drug-likeness (QED) is 0.0495. The molecule has 52 heteroatoms. The summed E-state index contributed by atoms with van der Waals surface area (Å²) in [5.41, 5.74) is 3.08. The van der Waals surface area contributed by atoms with Gasteiger partial charge in [-0.1, -0.05) is 70.4 Å². The van der Waals surface area contributed by atoms with Gasteiger partial charge in [0.15, 0.2) is 13.2 Å². The van der Waals surface area contributed by atoms with E-state index in [1.807, 2.05) is 47.9 Å². The maximum Gasteiger partial charge on any atom is 0.472 e. The summed E-state index contributed by atoms with van der Waals surface area (Å²) in [5.74, 6) is -79.3. The molecule has 0 radical (unpaired) electrons. The zero-order valence-corrected chi connectivity index (χ0v) is 69.7. The average Bonchev–Trinajstić information content (AvgIpc) is 0.944. The number of alkyl halides is 32. The van der Waals surface area contributed by atoms with Crippen molar-refractivity contribution in [2.75, 3.05) is 147 Å². The fourth-order valence-electron chi connectivity index (χ4n) is 12.5. The van der Waals surface area contributed by atoms with Crippen LogP contribution in [0, 0.1) is 0 Å². The van der Waals surface area contributed by atoms with E-state index in [2.05, 4.69) is 69.0 Å². The van der Waals surface area contributed by atoms with Gasteiger partial charge in [0.05, 0.1) is 6.42 Å². The minimum absolute atomic E-state index is 0.00181. The van der Waals surface area contributed by atoms with E-state index < -0.39 is 165 Å². The molecular formula is C75H93F32N15O5. The van der Waals surface area contributed by atoms with Crippen molar-refractivity contribution >= 4 is 58.0 Å². The number of aliphatic imine (C=N–C) groups is 10. The van der Waals surface area contributed by atoms with Crippen LogP contribution in [-0.2, 0) is 23.7 Å². The highest BCUT2D eigenvalue weighted by Crippen LogP contribution is 2.58. The van der Waals surface area contributed by atoms with Gasteiger partial charge in [-0.3, -0.25) is 25.0 Å². The highest BCUT2D eigenvalue weighted by molar-refractivity contribution is 6.48. The monoisotopic (exact) mass is 1890 g/mol. The molecule has 0 saturated carbocycles. The zero-order chi connectivity index (χ0) is 96.2. The summed E-state index contributed by atoms with van der Waals surface area (Å²) in [7, 11) is 9.05.